The van der Waals surface area contributed by atoms with Gasteiger partial charge in [-0.05, 0) is 94.0 Å². The highest BCUT2D eigenvalue weighted by molar-refractivity contribution is 5.99. The van der Waals surface area contributed by atoms with Crippen LogP contribution in [0.5, 0.6) is 0 Å². The van der Waals surface area contributed by atoms with Crippen molar-refractivity contribution >= 4 is 11.8 Å². The second kappa shape index (κ2) is 9.02. The van der Waals surface area contributed by atoms with Gasteiger partial charge in [-0.1, -0.05) is 26.8 Å². The summed E-state index contributed by atoms with van der Waals surface area (Å²) in [5.74, 6) is 0.215. The quantitative estimate of drug-likeness (QED) is 0.419. The van der Waals surface area contributed by atoms with E-state index in [1.807, 2.05) is 19.9 Å². The molecule has 0 atom stereocenters. The van der Waals surface area contributed by atoms with E-state index in [2.05, 4.69) is 57.4 Å². The largest absolute Gasteiger partial charge is 0.457 e. The molecule has 1 aromatic heterocycles. The summed E-state index contributed by atoms with van der Waals surface area (Å²) in [6, 6.07) is 8.21. The fraction of sp³-hybridized carbons (Fsp3) is 0.556. The first-order chi connectivity index (χ1) is 14.5. The van der Waals surface area contributed by atoms with Crippen molar-refractivity contribution in [1.82, 2.24) is 4.57 Å². The molecule has 0 spiro atoms. The van der Waals surface area contributed by atoms with Crippen LogP contribution in [-0.2, 0) is 9.53 Å². The van der Waals surface area contributed by atoms with Gasteiger partial charge in [0.15, 0.2) is 6.61 Å². The van der Waals surface area contributed by atoms with E-state index in [1.165, 1.54) is 11.1 Å². The lowest BCUT2D eigenvalue weighted by Crippen LogP contribution is -2.30. The van der Waals surface area contributed by atoms with E-state index in [1.54, 1.807) is 0 Å². The minimum absolute atomic E-state index is 0.0747. The van der Waals surface area contributed by atoms with Gasteiger partial charge in [0, 0.05) is 22.6 Å². The topological polar surface area (TPSA) is 48.3 Å². The highest BCUT2D eigenvalue weighted by Crippen LogP contribution is 2.40. The second-order valence-electron chi connectivity index (χ2n) is 10.3. The Morgan fingerprint density at radius 1 is 0.968 bits per heavy atom. The molecule has 1 fully saturated rings. The molecule has 1 aromatic carbocycles. The Bertz CT molecular complexity index is 969. The SMILES string of the molecule is Cc1ccc(-n2c(C)cc(C(=O)COC(=O)C3CCC(C(C)(C)C)CC3)c2C)cc1C. The number of carbonyl (C=O) groups excluding carboxylic acids is 2. The van der Waals surface area contributed by atoms with Crippen LogP contribution < -0.4 is 0 Å². The first-order valence-corrected chi connectivity index (χ1v) is 11.5. The molecule has 1 saturated carbocycles. The number of hydrogen-bond acceptors (Lipinski definition) is 3. The summed E-state index contributed by atoms with van der Waals surface area (Å²) in [5.41, 5.74) is 6.29. The minimum atomic E-state index is -0.219. The Morgan fingerprint density at radius 3 is 2.19 bits per heavy atom. The van der Waals surface area contributed by atoms with Crippen molar-refractivity contribution in [2.75, 3.05) is 6.61 Å². The van der Waals surface area contributed by atoms with E-state index in [4.69, 9.17) is 4.74 Å². The summed E-state index contributed by atoms with van der Waals surface area (Å²) >= 11 is 0. The summed E-state index contributed by atoms with van der Waals surface area (Å²) in [6.45, 7) is 14.7. The predicted octanol–water partition coefficient (Wildman–Crippen LogP) is 6.29. The van der Waals surface area contributed by atoms with Crippen molar-refractivity contribution in [2.45, 2.75) is 74.1 Å². The summed E-state index contributed by atoms with van der Waals surface area (Å²) in [5, 5.41) is 0. The molecular formula is C27H37NO3. The van der Waals surface area contributed by atoms with Gasteiger partial charge in [-0.25, -0.2) is 0 Å². The van der Waals surface area contributed by atoms with E-state index < -0.39 is 0 Å². The third-order valence-corrected chi connectivity index (χ3v) is 7.11. The molecule has 4 nitrogen and oxygen atoms in total. The normalized spacial score (nSPS) is 19.3. The summed E-state index contributed by atoms with van der Waals surface area (Å²) in [7, 11) is 0. The number of carbonyl (C=O) groups is 2. The van der Waals surface area contributed by atoms with Crippen LogP contribution in [0.4, 0.5) is 0 Å². The summed E-state index contributed by atoms with van der Waals surface area (Å²) in [4.78, 5) is 25.4. The molecule has 1 heterocycles. The third-order valence-electron chi connectivity index (χ3n) is 7.11. The maximum Gasteiger partial charge on any atom is 0.309 e. The molecule has 1 aliphatic carbocycles. The van der Waals surface area contributed by atoms with Gasteiger partial charge in [-0.3, -0.25) is 9.59 Å². The van der Waals surface area contributed by atoms with E-state index in [-0.39, 0.29) is 29.7 Å². The second-order valence-corrected chi connectivity index (χ2v) is 10.3. The van der Waals surface area contributed by atoms with Crippen LogP contribution in [-0.4, -0.2) is 22.9 Å². The van der Waals surface area contributed by atoms with Crippen molar-refractivity contribution in [3.05, 3.63) is 52.3 Å². The molecule has 31 heavy (non-hydrogen) atoms. The molecule has 0 N–H and O–H groups in total. The zero-order chi connectivity index (χ0) is 22.9. The molecule has 0 amide bonds. The molecule has 0 radical (unpaired) electrons. The Balaban J connectivity index is 1.64. The number of benzene rings is 1. The molecule has 0 aliphatic heterocycles. The predicted molar refractivity (Wildman–Crippen MR) is 125 cm³/mol. The Labute approximate surface area is 187 Å². The van der Waals surface area contributed by atoms with Crippen molar-refractivity contribution in [3.8, 4) is 5.69 Å². The van der Waals surface area contributed by atoms with Gasteiger partial charge in [0.25, 0.3) is 0 Å². The zero-order valence-electron chi connectivity index (χ0n) is 20.2. The van der Waals surface area contributed by atoms with Crippen LogP contribution in [0.15, 0.2) is 24.3 Å². The number of ether oxygens (including phenoxy) is 1. The first kappa shape index (κ1) is 23.3. The smallest absolute Gasteiger partial charge is 0.309 e. The number of rotatable bonds is 5. The Hall–Kier alpha value is -2.36. The van der Waals surface area contributed by atoms with E-state index in [0.717, 1.165) is 42.8 Å². The molecule has 3 rings (SSSR count). The summed E-state index contributed by atoms with van der Waals surface area (Å²) < 4.78 is 7.56. The van der Waals surface area contributed by atoms with Gasteiger partial charge in [-0.15, -0.1) is 0 Å². The van der Waals surface area contributed by atoms with Crippen molar-refractivity contribution in [2.24, 2.45) is 17.3 Å². The van der Waals surface area contributed by atoms with Crippen LogP contribution in [0.2, 0.25) is 0 Å². The van der Waals surface area contributed by atoms with Crippen LogP contribution >= 0.6 is 0 Å². The molecule has 4 heteroatoms. The number of ketones is 1. The molecule has 1 aliphatic rings. The van der Waals surface area contributed by atoms with Crippen molar-refractivity contribution < 1.29 is 14.3 Å². The van der Waals surface area contributed by atoms with Crippen LogP contribution in [0, 0.1) is 44.9 Å². The van der Waals surface area contributed by atoms with Gasteiger partial charge in [-0.2, -0.15) is 0 Å². The number of aromatic nitrogens is 1. The highest BCUT2D eigenvalue weighted by Gasteiger charge is 2.33. The van der Waals surface area contributed by atoms with Crippen molar-refractivity contribution in [3.63, 3.8) is 0 Å². The lowest BCUT2D eigenvalue weighted by Gasteiger charge is -2.36. The van der Waals surface area contributed by atoms with E-state index in [0.29, 0.717) is 11.5 Å². The third kappa shape index (κ3) is 5.11. The maximum absolute atomic E-state index is 12.9. The van der Waals surface area contributed by atoms with Crippen LogP contribution in [0.25, 0.3) is 5.69 Å². The van der Waals surface area contributed by atoms with E-state index >= 15 is 0 Å². The molecule has 0 saturated heterocycles. The molecule has 2 aromatic rings. The average molecular weight is 424 g/mol. The number of esters is 1. The van der Waals surface area contributed by atoms with Gasteiger partial charge in [0.1, 0.15) is 0 Å². The van der Waals surface area contributed by atoms with Crippen LogP contribution in [0.3, 0.4) is 0 Å². The zero-order valence-corrected chi connectivity index (χ0v) is 20.2. The molecule has 0 unspecified atom stereocenters. The maximum atomic E-state index is 12.9. The summed E-state index contributed by atoms with van der Waals surface area (Å²) in [6.07, 6.45) is 3.81. The Morgan fingerprint density at radius 2 is 1.61 bits per heavy atom. The monoisotopic (exact) mass is 423 g/mol. The van der Waals surface area contributed by atoms with Gasteiger partial charge in [0.2, 0.25) is 5.78 Å². The van der Waals surface area contributed by atoms with Crippen LogP contribution in [0.1, 0.15) is 79.3 Å². The fourth-order valence-electron chi connectivity index (χ4n) is 4.83. The highest BCUT2D eigenvalue weighted by atomic mass is 16.5. The average Bonchev–Trinajstić information content (AvgIpc) is 3.01. The molecular weight excluding hydrogens is 386 g/mol. The molecule has 168 valence electrons. The van der Waals surface area contributed by atoms with Gasteiger partial charge >= 0.3 is 5.97 Å². The van der Waals surface area contributed by atoms with Gasteiger partial charge < -0.3 is 9.30 Å². The number of hydrogen-bond donors (Lipinski definition) is 0. The standard InChI is InChI=1S/C27H37NO3/c1-17-8-13-23(14-18(17)2)28-19(3)15-24(20(28)4)25(29)16-31-26(30)21-9-11-22(12-10-21)27(5,6)7/h8,13-15,21-22H,9-12,16H2,1-7H3. The van der Waals surface area contributed by atoms with Gasteiger partial charge in [0.05, 0.1) is 5.92 Å². The fourth-order valence-corrected chi connectivity index (χ4v) is 4.83. The number of aryl methyl sites for hydroxylation is 3. The Kier molecular flexibility index (Phi) is 6.78. The number of Topliss-reactive ketones (excluding diaryl/α,β-unsaturated/α-hetero) is 1. The minimum Gasteiger partial charge on any atom is -0.457 e. The lowest BCUT2D eigenvalue weighted by atomic mass is 9.70. The van der Waals surface area contributed by atoms with Crippen molar-refractivity contribution in [1.29, 1.82) is 0 Å². The molecule has 0 bridgehead atoms. The number of nitrogens with zero attached hydrogens (tertiary/aromatic N) is 1. The first-order valence-electron chi connectivity index (χ1n) is 11.5. The van der Waals surface area contributed by atoms with E-state index in [9.17, 15) is 9.59 Å². The lowest BCUT2D eigenvalue weighted by molar-refractivity contribution is -0.149.